The van der Waals surface area contributed by atoms with Crippen LogP contribution in [0.1, 0.15) is 25.7 Å². The molecule has 0 atom stereocenters. The van der Waals surface area contributed by atoms with E-state index in [4.69, 9.17) is 22.4 Å². The van der Waals surface area contributed by atoms with Crippen LogP contribution in [0, 0.1) is 0 Å². The van der Waals surface area contributed by atoms with E-state index in [1.807, 2.05) is 0 Å². The van der Waals surface area contributed by atoms with Crippen LogP contribution in [-0.2, 0) is 0 Å². The van der Waals surface area contributed by atoms with Crippen molar-refractivity contribution in [1.82, 2.24) is 15.0 Å². The predicted molar refractivity (Wildman–Crippen MR) is 65.9 cm³/mol. The van der Waals surface area contributed by atoms with Gasteiger partial charge in [0.2, 0.25) is 17.2 Å². The molecule has 1 fully saturated rings. The molecule has 0 saturated heterocycles. The maximum atomic E-state index is 8.91. The van der Waals surface area contributed by atoms with Crippen LogP contribution < -0.4 is 10.6 Å². The third kappa shape index (κ3) is 2.95. The lowest BCUT2D eigenvalue weighted by molar-refractivity contribution is 0.282. The number of nitrogens with two attached hydrogens (primary N) is 1. The molecule has 0 amide bonds. The molecule has 1 aliphatic carbocycles. The first-order chi connectivity index (χ1) is 8.20. The fourth-order valence-corrected chi connectivity index (χ4v) is 2.03. The Bertz CT molecular complexity index is 365. The van der Waals surface area contributed by atoms with Crippen molar-refractivity contribution in [3.05, 3.63) is 5.28 Å². The summed E-state index contributed by atoms with van der Waals surface area (Å²) in [6, 6.07) is 0.430. The lowest BCUT2D eigenvalue weighted by Gasteiger charge is -2.37. The number of hydrogen-bond donors (Lipinski definition) is 2. The standard InChI is InChI=1S/C10H16ClN5O/c11-8-13-9(12)15-10(14-8)16(5-2-6-17)7-3-1-4-7/h7,17H,1-6H2,(H2,12,13,14,15). The summed E-state index contributed by atoms with van der Waals surface area (Å²) in [4.78, 5) is 14.0. The smallest absolute Gasteiger partial charge is 0.231 e. The van der Waals surface area contributed by atoms with Gasteiger partial charge in [-0.05, 0) is 37.3 Å². The highest BCUT2D eigenvalue weighted by Crippen LogP contribution is 2.28. The number of aliphatic hydroxyl groups excluding tert-OH is 1. The Labute approximate surface area is 105 Å². The number of halogens is 1. The van der Waals surface area contributed by atoms with Crippen molar-refractivity contribution >= 4 is 23.5 Å². The highest BCUT2D eigenvalue weighted by Gasteiger charge is 2.27. The van der Waals surface area contributed by atoms with Crippen molar-refractivity contribution in [2.24, 2.45) is 0 Å². The van der Waals surface area contributed by atoms with E-state index in [1.165, 1.54) is 6.42 Å². The first kappa shape index (κ1) is 12.3. The molecule has 1 aromatic rings. The molecule has 0 aliphatic heterocycles. The van der Waals surface area contributed by atoms with Gasteiger partial charge in [-0.3, -0.25) is 0 Å². The van der Waals surface area contributed by atoms with E-state index >= 15 is 0 Å². The van der Waals surface area contributed by atoms with Crippen LogP contribution in [0.2, 0.25) is 5.28 Å². The molecule has 1 saturated carbocycles. The number of rotatable bonds is 5. The van der Waals surface area contributed by atoms with Gasteiger partial charge >= 0.3 is 0 Å². The van der Waals surface area contributed by atoms with E-state index < -0.39 is 0 Å². The number of aromatic nitrogens is 3. The third-order valence-electron chi connectivity index (χ3n) is 2.94. The van der Waals surface area contributed by atoms with Gasteiger partial charge in [0.25, 0.3) is 0 Å². The highest BCUT2D eigenvalue weighted by atomic mass is 35.5. The second-order valence-corrected chi connectivity index (χ2v) is 4.46. The number of aliphatic hydroxyl groups is 1. The van der Waals surface area contributed by atoms with Crippen molar-refractivity contribution in [3.63, 3.8) is 0 Å². The van der Waals surface area contributed by atoms with Crippen LogP contribution in [0.15, 0.2) is 0 Å². The summed E-state index contributed by atoms with van der Waals surface area (Å²) in [7, 11) is 0. The summed E-state index contributed by atoms with van der Waals surface area (Å²) in [5, 5.41) is 9.03. The molecule has 0 spiro atoms. The van der Waals surface area contributed by atoms with Gasteiger partial charge in [0.1, 0.15) is 0 Å². The first-order valence-electron chi connectivity index (χ1n) is 5.75. The van der Waals surface area contributed by atoms with E-state index in [1.54, 1.807) is 0 Å². The third-order valence-corrected chi connectivity index (χ3v) is 3.11. The second kappa shape index (κ2) is 5.46. The topological polar surface area (TPSA) is 88.2 Å². The zero-order valence-electron chi connectivity index (χ0n) is 9.51. The van der Waals surface area contributed by atoms with Crippen LogP contribution in [0.5, 0.6) is 0 Å². The number of nitrogens with zero attached hydrogens (tertiary/aromatic N) is 4. The quantitative estimate of drug-likeness (QED) is 0.813. The Morgan fingerprint density at radius 1 is 1.35 bits per heavy atom. The van der Waals surface area contributed by atoms with Gasteiger partial charge in [-0.2, -0.15) is 15.0 Å². The second-order valence-electron chi connectivity index (χ2n) is 4.12. The van der Waals surface area contributed by atoms with E-state index in [9.17, 15) is 0 Å². The summed E-state index contributed by atoms with van der Waals surface area (Å²) >= 11 is 5.78. The van der Waals surface area contributed by atoms with Gasteiger partial charge in [-0.1, -0.05) is 0 Å². The van der Waals surface area contributed by atoms with E-state index in [0.29, 0.717) is 25.0 Å². The van der Waals surface area contributed by atoms with Gasteiger partial charge in [0.05, 0.1) is 0 Å². The molecule has 94 valence electrons. The van der Waals surface area contributed by atoms with E-state index in [0.717, 1.165) is 12.8 Å². The summed E-state index contributed by atoms with van der Waals surface area (Å²) < 4.78 is 0. The highest BCUT2D eigenvalue weighted by molar-refractivity contribution is 6.28. The van der Waals surface area contributed by atoms with Crippen LogP contribution in [0.3, 0.4) is 0 Å². The number of nitrogen functional groups attached to an aromatic ring is 1. The number of hydrogen-bond acceptors (Lipinski definition) is 6. The average molecular weight is 258 g/mol. The predicted octanol–water partition coefficient (Wildman–Crippen LogP) is 0.848. The largest absolute Gasteiger partial charge is 0.396 e. The molecule has 0 bridgehead atoms. The first-order valence-corrected chi connectivity index (χ1v) is 6.13. The molecule has 0 aromatic carbocycles. The molecule has 0 unspecified atom stereocenters. The van der Waals surface area contributed by atoms with Crippen LogP contribution >= 0.6 is 11.6 Å². The molecule has 7 heteroatoms. The average Bonchev–Trinajstić information content (AvgIpc) is 2.19. The zero-order valence-corrected chi connectivity index (χ0v) is 10.3. The lowest BCUT2D eigenvalue weighted by atomic mass is 9.91. The molecule has 2 rings (SSSR count). The van der Waals surface area contributed by atoms with Crippen LogP contribution in [0.25, 0.3) is 0 Å². The number of anilines is 2. The molecule has 0 radical (unpaired) electrons. The summed E-state index contributed by atoms with van der Waals surface area (Å²) in [6.07, 6.45) is 4.14. The van der Waals surface area contributed by atoms with Crippen molar-refractivity contribution < 1.29 is 5.11 Å². The van der Waals surface area contributed by atoms with Gasteiger partial charge < -0.3 is 15.7 Å². The molecular weight excluding hydrogens is 242 g/mol. The summed E-state index contributed by atoms with van der Waals surface area (Å²) in [6.45, 7) is 0.860. The molecule has 1 aliphatic rings. The maximum absolute atomic E-state index is 8.91. The van der Waals surface area contributed by atoms with E-state index in [2.05, 4.69) is 19.9 Å². The Balaban J connectivity index is 2.17. The van der Waals surface area contributed by atoms with Gasteiger partial charge in [-0.25, -0.2) is 0 Å². The minimum Gasteiger partial charge on any atom is -0.396 e. The molecule has 6 nitrogen and oxygen atoms in total. The monoisotopic (exact) mass is 257 g/mol. The Morgan fingerprint density at radius 2 is 2.12 bits per heavy atom. The van der Waals surface area contributed by atoms with Crippen LogP contribution in [0.4, 0.5) is 11.9 Å². The Kier molecular flexibility index (Phi) is 3.96. The van der Waals surface area contributed by atoms with Crippen molar-refractivity contribution in [3.8, 4) is 0 Å². The SMILES string of the molecule is Nc1nc(Cl)nc(N(CCCO)C2CCC2)n1. The fourth-order valence-electron chi connectivity index (χ4n) is 1.87. The zero-order chi connectivity index (χ0) is 12.3. The van der Waals surface area contributed by atoms with Gasteiger partial charge in [0.15, 0.2) is 0 Å². The molecule has 1 heterocycles. The molecule has 3 N–H and O–H groups in total. The Morgan fingerprint density at radius 3 is 2.65 bits per heavy atom. The molecule has 1 aromatic heterocycles. The molecular formula is C10H16ClN5O. The molecule has 17 heavy (non-hydrogen) atoms. The van der Waals surface area contributed by atoms with Gasteiger partial charge in [0, 0.05) is 19.2 Å². The Hall–Kier alpha value is -1.14. The summed E-state index contributed by atoms with van der Waals surface area (Å²) in [5.41, 5.74) is 5.56. The summed E-state index contributed by atoms with van der Waals surface area (Å²) in [5.74, 6) is 0.647. The minimum atomic E-state index is 0.112. The van der Waals surface area contributed by atoms with E-state index in [-0.39, 0.29) is 17.8 Å². The van der Waals surface area contributed by atoms with Crippen LogP contribution in [-0.4, -0.2) is 39.3 Å². The minimum absolute atomic E-state index is 0.112. The normalized spacial score (nSPS) is 15.6. The van der Waals surface area contributed by atoms with Gasteiger partial charge in [-0.15, -0.1) is 0 Å². The fraction of sp³-hybridized carbons (Fsp3) is 0.700. The van der Waals surface area contributed by atoms with Crippen molar-refractivity contribution in [1.29, 1.82) is 0 Å². The van der Waals surface area contributed by atoms with Crippen molar-refractivity contribution in [2.75, 3.05) is 23.8 Å². The lowest BCUT2D eigenvalue weighted by Crippen LogP contribution is -2.42. The van der Waals surface area contributed by atoms with Crippen molar-refractivity contribution in [2.45, 2.75) is 31.7 Å². The maximum Gasteiger partial charge on any atom is 0.231 e.